The second-order valence-corrected chi connectivity index (χ2v) is 7.16. The minimum atomic E-state index is -0.582. The maximum atomic E-state index is 12.3. The molecule has 1 amide bonds. The van der Waals surface area contributed by atoms with Crippen molar-refractivity contribution in [2.75, 3.05) is 11.9 Å². The van der Waals surface area contributed by atoms with E-state index in [1.165, 1.54) is 11.3 Å². The van der Waals surface area contributed by atoms with E-state index < -0.39 is 11.3 Å². The van der Waals surface area contributed by atoms with Gasteiger partial charge in [-0.3, -0.25) is 14.9 Å². The molecule has 4 rings (SSSR count). The molecule has 1 saturated heterocycles. The van der Waals surface area contributed by atoms with Gasteiger partial charge in [0.25, 0.3) is 5.91 Å². The summed E-state index contributed by atoms with van der Waals surface area (Å²) in [7, 11) is 0. The maximum Gasteiger partial charge on any atom is 0.293 e. The molecule has 3 heterocycles. The van der Waals surface area contributed by atoms with Gasteiger partial charge in [-0.05, 0) is 18.4 Å². The number of amides is 1. The van der Waals surface area contributed by atoms with Crippen LogP contribution in [-0.4, -0.2) is 22.7 Å². The van der Waals surface area contributed by atoms with Gasteiger partial charge in [0.15, 0.2) is 5.76 Å². The second kappa shape index (κ2) is 8.32. The minimum absolute atomic E-state index is 0.0389. The number of benzene rings is 1. The van der Waals surface area contributed by atoms with Crippen molar-refractivity contribution in [2.24, 2.45) is 0 Å². The first-order valence-corrected chi connectivity index (χ1v) is 9.56. The van der Waals surface area contributed by atoms with Crippen molar-refractivity contribution >= 4 is 22.4 Å². The van der Waals surface area contributed by atoms with Crippen molar-refractivity contribution in [1.29, 1.82) is 0 Å². The highest BCUT2D eigenvalue weighted by Crippen LogP contribution is 2.31. The number of hydrogen-bond donors (Lipinski definition) is 1. The van der Waals surface area contributed by atoms with Crippen LogP contribution in [0.15, 0.2) is 51.9 Å². The first-order chi connectivity index (χ1) is 13.7. The van der Waals surface area contributed by atoms with Crippen LogP contribution >= 0.6 is 11.3 Å². The van der Waals surface area contributed by atoms with Gasteiger partial charge in [0, 0.05) is 12.7 Å². The van der Waals surface area contributed by atoms with Crippen molar-refractivity contribution in [3.05, 3.63) is 69.2 Å². The zero-order chi connectivity index (χ0) is 19.3. The van der Waals surface area contributed by atoms with Crippen molar-refractivity contribution < 1.29 is 18.7 Å². The first-order valence-electron chi connectivity index (χ1n) is 8.75. The fraction of sp³-hybridized carbons (Fsp3) is 0.263. The summed E-state index contributed by atoms with van der Waals surface area (Å²) < 4.78 is 16.3. The van der Waals surface area contributed by atoms with Crippen LogP contribution in [0.4, 0.5) is 5.13 Å². The molecule has 0 radical (unpaired) electrons. The van der Waals surface area contributed by atoms with E-state index in [4.69, 9.17) is 13.9 Å². The third kappa shape index (κ3) is 4.26. The summed E-state index contributed by atoms with van der Waals surface area (Å²) in [6.07, 6.45) is 2.94. The van der Waals surface area contributed by atoms with Crippen molar-refractivity contribution in [1.82, 2.24) is 10.2 Å². The molecule has 1 aromatic carbocycles. The Morgan fingerprint density at radius 1 is 1.29 bits per heavy atom. The van der Waals surface area contributed by atoms with Crippen molar-refractivity contribution in [2.45, 2.75) is 25.6 Å². The zero-order valence-electron chi connectivity index (χ0n) is 14.8. The van der Waals surface area contributed by atoms with Gasteiger partial charge in [0.2, 0.25) is 16.3 Å². The van der Waals surface area contributed by atoms with E-state index in [0.717, 1.165) is 35.7 Å². The fourth-order valence-corrected chi connectivity index (χ4v) is 3.53. The predicted octanol–water partition coefficient (Wildman–Crippen LogP) is 3.17. The molecule has 0 spiro atoms. The molecule has 1 N–H and O–H groups in total. The van der Waals surface area contributed by atoms with Crippen LogP contribution in [0.3, 0.4) is 0 Å². The lowest BCUT2D eigenvalue weighted by atomic mass is 10.2. The Hall–Kier alpha value is -3.04. The van der Waals surface area contributed by atoms with Crippen LogP contribution in [0.2, 0.25) is 0 Å². The molecule has 1 aliphatic rings. The number of anilines is 1. The number of carbonyl (C=O) groups excluding carboxylic acids is 1. The molecule has 0 aliphatic carbocycles. The molecule has 9 heteroatoms. The normalized spacial score (nSPS) is 16.1. The van der Waals surface area contributed by atoms with E-state index in [0.29, 0.717) is 11.7 Å². The Morgan fingerprint density at radius 3 is 2.89 bits per heavy atom. The standard InChI is InChI=1S/C19H17N3O5S/c23-13-9-15(27-11-16(13)26-10-12-5-2-1-3-6-12)17(24)20-19-22-21-18(28-19)14-7-4-8-25-14/h1-3,5-6,9,11,14H,4,7-8,10H2,(H,20,22,24)/t14-/m1/s1. The number of rotatable bonds is 6. The van der Waals surface area contributed by atoms with E-state index in [-0.39, 0.29) is 24.2 Å². The Kier molecular flexibility index (Phi) is 5.45. The summed E-state index contributed by atoms with van der Waals surface area (Å²) in [4.78, 5) is 24.5. The number of carbonyl (C=O) groups is 1. The zero-order valence-corrected chi connectivity index (χ0v) is 15.6. The molecule has 8 nitrogen and oxygen atoms in total. The van der Waals surface area contributed by atoms with Gasteiger partial charge in [-0.1, -0.05) is 41.7 Å². The first kappa shape index (κ1) is 18.3. The summed E-state index contributed by atoms with van der Waals surface area (Å²) in [5.74, 6) is -0.676. The lowest BCUT2D eigenvalue weighted by molar-refractivity contribution is 0.0993. The third-order valence-electron chi connectivity index (χ3n) is 4.13. The molecule has 1 aliphatic heterocycles. The SMILES string of the molecule is O=C(Nc1nnc([C@H]2CCCO2)s1)c1cc(=O)c(OCc2ccccc2)co1. The average Bonchev–Trinajstić information content (AvgIpc) is 3.39. The molecule has 144 valence electrons. The van der Waals surface area contributed by atoms with E-state index in [1.54, 1.807) is 0 Å². The fourth-order valence-electron chi connectivity index (χ4n) is 2.71. The Bertz CT molecular complexity index is 1010. The van der Waals surface area contributed by atoms with Crippen LogP contribution < -0.4 is 15.5 Å². The lowest BCUT2D eigenvalue weighted by Crippen LogP contribution is -2.15. The summed E-state index contributed by atoms with van der Waals surface area (Å²) in [5, 5.41) is 11.6. The van der Waals surface area contributed by atoms with Crippen molar-refractivity contribution in [3.8, 4) is 5.75 Å². The van der Waals surface area contributed by atoms with Gasteiger partial charge in [0.05, 0.1) is 0 Å². The van der Waals surface area contributed by atoms with Crippen LogP contribution in [0.25, 0.3) is 0 Å². The smallest absolute Gasteiger partial charge is 0.293 e. The van der Waals surface area contributed by atoms with E-state index >= 15 is 0 Å². The molecule has 0 unspecified atom stereocenters. The van der Waals surface area contributed by atoms with Gasteiger partial charge < -0.3 is 13.9 Å². The molecule has 3 aromatic rings. The average molecular weight is 399 g/mol. The highest BCUT2D eigenvalue weighted by Gasteiger charge is 2.23. The number of nitrogens with zero attached hydrogens (tertiary/aromatic N) is 2. The quantitative estimate of drug-likeness (QED) is 0.679. The van der Waals surface area contributed by atoms with Gasteiger partial charge in [-0.2, -0.15) is 0 Å². The molecular formula is C19H17N3O5S. The monoisotopic (exact) mass is 399 g/mol. The van der Waals surface area contributed by atoms with Gasteiger partial charge in [-0.15, -0.1) is 10.2 Å². The van der Waals surface area contributed by atoms with Crippen LogP contribution in [0.5, 0.6) is 5.75 Å². The van der Waals surface area contributed by atoms with E-state index in [9.17, 15) is 9.59 Å². The Morgan fingerprint density at radius 2 is 2.14 bits per heavy atom. The number of nitrogens with one attached hydrogen (secondary N) is 1. The Labute approximate surface area is 164 Å². The van der Waals surface area contributed by atoms with Crippen LogP contribution in [0.1, 0.15) is 40.1 Å². The molecule has 28 heavy (non-hydrogen) atoms. The summed E-state index contributed by atoms with van der Waals surface area (Å²) in [6, 6.07) is 10.5. The van der Waals surface area contributed by atoms with E-state index in [2.05, 4.69) is 15.5 Å². The van der Waals surface area contributed by atoms with Crippen LogP contribution in [-0.2, 0) is 11.3 Å². The summed E-state index contributed by atoms with van der Waals surface area (Å²) in [5.41, 5.74) is 0.478. The lowest BCUT2D eigenvalue weighted by Gasteiger charge is -2.06. The predicted molar refractivity (Wildman–Crippen MR) is 102 cm³/mol. The summed E-state index contributed by atoms with van der Waals surface area (Å²) >= 11 is 1.24. The third-order valence-corrected chi connectivity index (χ3v) is 5.06. The highest BCUT2D eigenvalue weighted by atomic mass is 32.1. The molecule has 1 atom stereocenters. The topological polar surface area (TPSA) is 104 Å². The molecule has 0 saturated carbocycles. The van der Waals surface area contributed by atoms with Gasteiger partial charge in [-0.25, -0.2) is 0 Å². The van der Waals surface area contributed by atoms with Gasteiger partial charge >= 0.3 is 0 Å². The van der Waals surface area contributed by atoms with Gasteiger partial charge in [0.1, 0.15) is 24.0 Å². The maximum absolute atomic E-state index is 12.3. The number of ether oxygens (including phenoxy) is 2. The Balaban J connectivity index is 1.39. The molecular weight excluding hydrogens is 382 g/mol. The van der Waals surface area contributed by atoms with Crippen molar-refractivity contribution in [3.63, 3.8) is 0 Å². The minimum Gasteiger partial charge on any atom is -0.482 e. The number of hydrogen-bond acceptors (Lipinski definition) is 8. The second-order valence-electron chi connectivity index (χ2n) is 6.15. The van der Waals surface area contributed by atoms with E-state index in [1.807, 2.05) is 30.3 Å². The molecule has 2 aromatic heterocycles. The van der Waals surface area contributed by atoms with Crippen LogP contribution in [0, 0.1) is 0 Å². The number of aromatic nitrogens is 2. The summed E-state index contributed by atoms with van der Waals surface area (Å²) in [6.45, 7) is 0.934. The molecule has 0 bridgehead atoms. The molecule has 1 fully saturated rings. The highest BCUT2D eigenvalue weighted by molar-refractivity contribution is 7.15. The largest absolute Gasteiger partial charge is 0.482 e.